The minimum atomic E-state index is 0.772. The summed E-state index contributed by atoms with van der Waals surface area (Å²) < 4.78 is 0. The molecule has 2 nitrogen and oxygen atoms in total. The van der Waals surface area contributed by atoms with Crippen LogP contribution in [-0.4, -0.2) is 30.1 Å². The van der Waals surface area contributed by atoms with Gasteiger partial charge in [0.1, 0.15) is 0 Å². The summed E-state index contributed by atoms with van der Waals surface area (Å²) in [4.78, 5) is 4.11. The van der Waals surface area contributed by atoms with Crippen molar-refractivity contribution in [2.75, 3.05) is 13.1 Å². The van der Waals surface area contributed by atoms with Crippen LogP contribution in [0.5, 0.6) is 0 Å². The predicted molar refractivity (Wildman–Crippen MR) is 59.5 cm³/mol. The second kappa shape index (κ2) is 3.65. The van der Waals surface area contributed by atoms with Gasteiger partial charge in [-0.1, -0.05) is 6.07 Å². The quantitative estimate of drug-likeness (QED) is 0.795. The number of rotatable bonds is 2. The van der Waals surface area contributed by atoms with Crippen molar-refractivity contribution in [1.29, 1.82) is 0 Å². The van der Waals surface area contributed by atoms with Gasteiger partial charge in [-0.15, -0.1) is 11.3 Å². The molecule has 0 spiro atoms. The second-order valence-electron chi connectivity index (χ2n) is 4.41. The summed E-state index contributed by atoms with van der Waals surface area (Å²) in [6.45, 7) is 3.65. The van der Waals surface area contributed by atoms with E-state index >= 15 is 0 Å². The van der Waals surface area contributed by atoms with Crippen molar-refractivity contribution in [2.45, 2.75) is 31.5 Å². The molecular formula is C11H16N2S. The smallest absolute Gasteiger partial charge is 0.0329 e. The van der Waals surface area contributed by atoms with Gasteiger partial charge in [-0.05, 0) is 24.3 Å². The highest BCUT2D eigenvalue weighted by Crippen LogP contribution is 2.22. The molecule has 3 heteroatoms. The normalized spacial score (nSPS) is 32.3. The molecule has 2 aliphatic heterocycles. The van der Waals surface area contributed by atoms with E-state index in [-0.39, 0.29) is 0 Å². The number of hydrogen-bond donors (Lipinski definition) is 1. The Balaban J connectivity index is 1.64. The van der Waals surface area contributed by atoms with E-state index in [1.54, 1.807) is 0 Å². The lowest BCUT2D eigenvalue weighted by Gasteiger charge is -2.32. The van der Waals surface area contributed by atoms with Crippen LogP contribution >= 0.6 is 11.3 Å². The lowest BCUT2D eigenvalue weighted by molar-refractivity contribution is 0.190. The van der Waals surface area contributed by atoms with Gasteiger partial charge in [-0.3, -0.25) is 4.90 Å². The van der Waals surface area contributed by atoms with Crippen molar-refractivity contribution in [3.63, 3.8) is 0 Å². The molecule has 76 valence electrons. The van der Waals surface area contributed by atoms with Crippen LogP contribution in [0.4, 0.5) is 0 Å². The highest BCUT2D eigenvalue weighted by Gasteiger charge is 2.31. The summed E-state index contributed by atoms with van der Waals surface area (Å²) in [5, 5.41) is 5.83. The van der Waals surface area contributed by atoms with E-state index in [9.17, 15) is 0 Å². The Morgan fingerprint density at radius 2 is 2.14 bits per heavy atom. The third-order valence-corrected chi connectivity index (χ3v) is 4.11. The summed E-state index contributed by atoms with van der Waals surface area (Å²) in [7, 11) is 0. The van der Waals surface area contributed by atoms with E-state index in [0.717, 1.165) is 18.6 Å². The molecule has 2 aliphatic rings. The van der Waals surface area contributed by atoms with Gasteiger partial charge in [0.25, 0.3) is 0 Å². The van der Waals surface area contributed by atoms with E-state index in [0.29, 0.717) is 0 Å². The SMILES string of the molecule is c1csc(CN2C[C@H]3CC[C@@H](C2)N3)c1. The third-order valence-electron chi connectivity index (χ3n) is 3.25. The van der Waals surface area contributed by atoms with Gasteiger partial charge in [0.2, 0.25) is 0 Å². The minimum absolute atomic E-state index is 0.772. The first-order chi connectivity index (χ1) is 6.90. The molecule has 2 saturated heterocycles. The monoisotopic (exact) mass is 208 g/mol. The standard InChI is InChI=1S/C11H16N2S/c1-2-11(14-5-1)8-13-6-9-3-4-10(7-13)12-9/h1-2,5,9-10,12H,3-4,6-8H2/t9-,10+. The van der Waals surface area contributed by atoms with E-state index in [2.05, 4.69) is 27.7 Å². The van der Waals surface area contributed by atoms with Gasteiger partial charge in [0.15, 0.2) is 0 Å². The van der Waals surface area contributed by atoms with Crippen molar-refractivity contribution in [3.8, 4) is 0 Å². The molecule has 0 radical (unpaired) electrons. The Kier molecular flexibility index (Phi) is 2.32. The molecule has 0 amide bonds. The van der Waals surface area contributed by atoms with Crippen molar-refractivity contribution < 1.29 is 0 Å². The molecule has 3 rings (SSSR count). The van der Waals surface area contributed by atoms with Crippen LogP contribution in [0.2, 0.25) is 0 Å². The predicted octanol–water partition coefficient (Wildman–Crippen LogP) is 1.68. The van der Waals surface area contributed by atoms with Gasteiger partial charge in [0.05, 0.1) is 0 Å². The maximum atomic E-state index is 3.66. The maximum Gasteiger partial charge on any atom is 0.0329 e. The number of nitrogens with one attached hydrogen (secondary N) is 1. The first kappa shape index (κ1) is 8.89. The summed E-state index contributed by atoms with van der Waals surface area (Å²) in [5.41, 5.74) is 0. The Hall–Kier alpha value is -0.380. The fourth-order valence-electron chi connectivity index (χ4n) is 2.64. The summed E-state index contributed by atoms with van der Waals surface area (Å²) in [5.74, 6) is 0. The number of piperazine rings is 1. The van der Waals surface area contributed by atoms with E-state index in [4.69, 9.17) is 0 Å². The van der Waals surface area contributed by atoms with Gasteiger partial charge < -0.3 is 5.32 Å². The minimum Gasteiger partial charge on any atom is -0.309 e. The largest absolute Gasteiger partial charge is 0.309 e. The molecule has 0 unspecified atom stereocenters. The van der Waals surface area contributed by atoms with Gasteiger partial charge in [-0.25, -0.2) is 0 Å². The Morgan fingerprint density at radius 1 is 1.36 bits per heavy atom. The van der Waals surface area contributed by atoms with Crippen LogP contribution in [0.1, 0.15) is 17.7 Å². The zero-order valence-electron chi connectivity index (χ0n) is 8.28. The first-order valence-electron chi connectivity index (χ1n) is 5.41. The summed E-state index contributed by atoms with van der Waals surface area (Å²) in [6, 6.07) is 5.94. The van der Waals surface area contributed by atoms with Crippen LogP contribution in [-0.2, 0) is 6.54 Å². The second-order valence-corrected chi connectivity index (χ2v) is 5.44. The fraction of sp³-hybridized carbons (Fsp3) is 0.636. The van der Waals surface area contributed by atoms with Crippen molar-refractivity contribution in [2.24, 2.45) is 0 Å². The fourth-order valence-corrected chi connectivity index (χ4v) is 3.39. The molecule has 0 aromatic carbocycles. The number of fused-ring (bicyclic) bond motifs is 2. The Labute approximate surface area is 88.9 Å². The third kappa shape index (κ3) is 1.72. The average Bonchev–Trinajstić information content (AvgIpc) is 2.77. The Bertz CT molecular complexity index is 284. The number of likely N-dealkylation sites (tertiary alicyclic amines) is 1. The molecule has 0 aliphatic carbocycles. The molecule has 2 fully saturated rings. The van der Waals surface area contributed by atoms with Crippen molar-refractivity contribution in [3.05, 3.63) is 22.4 Å². The maximum absolute atomic E-state index is 3.66. The molecule has 0 saturated carbocycles. The number of nitrogens with zero attached hydrogens (tertiary/aromatic N) is 1. The van der Waals surface area contributed by atoms with Crippen LogP contribution in [0, 0.1) is 0 Å². The van der Waals surface area contributed by atoms with Crippen LogP contribution < -0.4 is 5.32 Å². The van der Waals surface area contributed by atoms with E-state index in [1.165, 1.54) is 30.8 Å². The van der Waals surface area contributed by atoms with E-state index in [1.807, 2.05) is 11.3 Å². The number of hydrogen-bond acceptors (Lipinski definition) is 3. The zero-order valence-corrected chi connectivity index (χ0v) is 9.09. The molecule has 14 heavy (non-hydrogen) atoms. The van der Waals surface area contributed by atoms with Gasteiger partial charge >= 0.3 is 0 Å². The lowest BCUT2D eigenvalue weighted by Crippen LogP contribution is -2.50. The van der Waals surface area contributed by atoms with E-state index < -0.39 is 0 Å². The molecule has 2 atom stereocenters. The average molecular weight is 208 g/mol. The molecule has 1 N–H and O–H groups in total. The highest BCUT2D eigenvalue weighted by molar-refractivity contribution is 7.09. The summed E-state index contributed by atoms with van der Waals surface area (Å²) in [6.07, 6.45) is 2.76. The molecule has 1 aromatic rings. The molecule has 1 aromatic heterocycles. The first-order valence-corrected chi connectivity index (χ1v) is 6.29. The summed E-state index contributed by atoms with van der Waals surface area (Å²) >= 11 is 1.88. The van der Waals surface area contributed by atoms with Crippen LogP contribution in [0.15, 0.2) is 17.5 Å². The molecule has 2 bridgehead atoms. The lowest BCUT2D eigenvalue weighted by atomic mass is 10.2. The van der Waals surface area contributed by atoms with Crippen LogP contribution in [0.25, 0.3) is 0 Å². The zero-order chi connectivity index (χ0) is 9.38. The van der Waals surface area contributed by atoms with Gasteiger partial charge in [-0.2, -0.15) is 0 Å². The molecule has 3 heterocycles. The Morgan fingerprint density at radius 3 is 2.79 bits per heavy atom. The van der Waals surface area contributed by atoms with Crippen molar-refractivity contribution in [1.82, 2.24) is 10.2 Å². The number of thiophene rings is 1. The van der Waals surface area contributed by atoms with Crippen LogP contribution in [0.3, 0.4) is 0 Å². The van der Waals surface area contributed by atoms with Crippen molar-refractivity contribution >= 4 is 11.3 Å². The topological polar surface area (TPSA) is 15.3 Å². The highest BCUT2D eigenvalue weighted by atomic mass is 32.1. The molecular weight excluding hydrogens is 192 g/mol. The van der Waals surface area contributed by atoms with Gasteiger partial charge in [0, 0.05) is 36.6 Å².